The Morgan fingerprint density at radius 2 is 1.05 bits per heavy atom. The van der Waals surface area contributed by atoms with Gasteiger partial charge in [0.05, 0.1) is 11.7 Å². The van der Waals surface area contributed by atoms with Gasteiger partial charge in [-0.15, -0.1) is 0 Å². The number of ketones is 2. The molecule has 316 valence electrons. The van der Waals surface area contributed by atoms with E-state index >= 15 is 0 Å². The molecule has 10 atom stereocenters. The van der Waals surface area contributed by atoms with Gasteiger partial charge in [-0.3, -0.25) is 14.3 Å². The van der Waals surface area contributed by atoms with Crippen LogP contribution in [0.25, 0.3) is 12.2 Å². The van der Waals surface area contributed by atoms with Crippen LogP contribution in [0.1, 0.15) is 104 Å². The molecule has 0 saturated carbocycles. The van der Waals surface area contributed by atoms with Crippen molar-refractivity contribution in [1.29, 1.82) is 0 Å². The number of aliphatic hydroxyl groups is 2. The number of aryl methyl sites for hydroxylation is 3. The van der Waals surface area contributed by atoms with Gasteiger partial charge >= 0.3 is 11.9 Å². The van der Waals surface area contributed by atoms with Gasteiger partial charge in [-0.25, -0.2) is 9.59 Å². The third kappa shape index (κ3) is 11.7. The molecule has 0 aliphatic carbocycles. The summed E-state index contributed by atoms with van der Waals surface area (Å²) in [6.07, 6.45) is 8.18. The zero-order valence-electron chi connectivity index (χ0n) is 35.2. The quantitative estimate of drug-likeness (QED) is 0.228. The Kier molecular flexibility index (Phi) is 16.3. The maximum Gasteiger partial charge on any atom is 0.342 e. The second-order valence-corrected chi connectivity index (χ2v) is 16.1. The summed E-state index contributed by atoms with van der Waals surface area (Å²) in [5, 5.41) is 30.6. The Morgan fingerprint density at radius 3 is 1.62 bits per heavy atom. The minimum absolute atomic E-state index is 0. The van der Waals surface area contributed by atoms with Crippen molar-refractivity contribution in [2.75, 3.05) is 0 Å². The van der Waals surface area contributed by atoms with Gasteiger partial charge in [-0.1, -0.05) is 87.9 Å². The second kappa shape index (κ2) is 19.8. The molecule has 1 fully saturated rings. The molecule has 2 unspecified atom stereocenters. The highest BCUT2D eigenvalue weighted by molar-refractivity contribution is 5.98. The summed E-state index contributed by atoms with van der Waals surface area (Å²) in [6.45, 7) is 20.2. The van der Waals surface area contributed by atoms with Crippen molar-refractivity contribution in [3.63, 3.8) is 0 Å². The molecular weight excluding hydrogens is 747 g/mol. The molecule has 0 amide bonds. The van der Waals surface area contributed by atoms with Crippen molar-refractivity contribution < 1.29 is 58.1 Å². The van der Waals surface area contributed by atoms with E-state index in [1.54, 1.807) is 52.0 Å². The summed E-state index contributed by atoms with van der Waals surface area (Å²) in [6, 6.07) is 7.16. The molecule has 3 aliphatic heterocycles. The van der Waals surface area contributed by atoms with E-state index in [1.165, 1.54) is 24.3 Å². The largest absolute Gasteiger partial charge is 0.507 e. The van der Waals surface area contributed by atoms with Crippen LogP contribution < -0.4 is 0 Å². The van der Waals surface area contributed by atoms with Crippen LogP contribution in [0.2, 0.25) is 0 Å². The summed E-state index contributed by atoms with van der Waals surface area (Å²) in [4.78, 5) is 50.6. The molecule has 5 rings (SSSR count). The Bertz CT molecular complexity index is 1960. The van der Waals surface area contributed by atoms with Crippen molar-refractivity contribution in [2.24, 2.45) is 23.7 Å². The van der Waals surface area contributed by atoms with Gasteiger partial charge in [-0.2, -0.15) is 0 Å². The average molecular weight is 807 g/mol. The second-order valence-electron chi connectivity index (χ2n) is 16.1. The predicted molar refractivity (Wildman–Crippen MR) is 220 cm³/mol. The van der Waals surface area contributed by atoms with E-state index in [-0.39, 0.29) is 51.6 Å². The molecule has 11 nitrogen and oxygen atoms in total. The van der Waals surface area contributed by atoms with Crippen LogP contribution in [-0.2, 0) is 28.5 Å². The molecule has 0 radical (unpaired) electrons. The standard InChI is InChI=1S/C25H32O5.C21H26O6.FH/c1-14-12-17(4)21-19(13-14)10-8-16(3)22-23(30-25(6,7)29-22)20(26)11-9-15(2)18(5)28-24(21)27;1-11-9-15-7-5-13(3)19(24)20(25)16(22)8-6-12(2)14(4)27-21(26)18(15)17(23)10-11;/h8-13,15-16,18,22-23H,1-7H3;5-10,12-14,19-20,23-25H,1-4H3;1H/b10-8+,11-9-;7-5+,8-6-;/t15-,16?,18+,22+,23-;12-,13?,14+,19+,20-;/m11./s1. The molecule has 58 heavy (non-hydrogen) atoms. The summed E-state index contributed by atoms with van der Waals surface area (Å²) in [7, 11) is 0. The molecule has 2 aromatic rings. The van der Waals surface area contributed by atoms with Gasteiger partial charge in [0, 0.05) is 23.7 Å². The van der Waals surface area contributed by atoms with Gasteiger partial charge in [0.25, 0.3) is 0 Å². The number of hydrogen-bond acceptors (Lipinski definition) is 11. The monoisotopic (exact) mass is 806 g/mol. The van der Waals surface area contributed by atoms with Gasteiger partial charge in [-0.05, 0) is 88.9 Å². The first-order valence-corrected chi connectivity index (χ1v) is 19.5. The fourth-order valence-electron chi connectivity index (χ4n) is 6.81. The van der Waals surface area contributed by atoms with Crippen molar-refractivity contribution in [3.8, 4) is 5.75 Å². The molecule has 2 aromatic carbocycles. The summed E-state index contributed by atoms with van der Waals surface area (Å²) in [5.41, 5.74) is 4.54. The number of halogens is 1. The van der Waals surface area contributed by atoms with Crippen LogP contribution in [0.15, 0.2) is 60.7 Å². The van der Waals surface area contributed by atoms with Crippen molar-refractivity contribution in [3.05, 3.63) is 99.7 Å². The first-order chi connectivity index (χ1) is 26.6. The van der Waals surface area contributed by atoms with E-state index in [2.05, 4.69) is 0 Å². The van der Waals surface area contributed by atoms with Crippen LogP contribution in [0, 0.1) is 44.4 Å². The normalized spacial score (nSPS) is 32.4. The lowest BCUT2D eigenvalue weighted by Crippen LogP contribution is -2.37. The Labute approximate surface area is 340 Å². The summed E-state index contributed by atoms with van der Waals surface area (Å²) >= 11 is 0. The topological polar surface area (TPSA) is 166 Å². The molecule has 0 spiro atoms. The van der Waals surface area contributed by atoms with E-state index in [1.807, 2.05) is 72.8 Å². The third-order valence-electron chi connectivity index (χ3n) is 10.6. The van der Waals surface area contributed by atoms with E-state index in [4.69, 9.17) is 18.9 Å². The van der Waals surface area contributed by atoms with Crippen molar-refractivity contribution >= 4 is 35.7 Å². The number of aliphatic hydroxyl groups excluding tert-OH is 2. The van der Waals surface area contributed by atoms with Crippen molar-refractivity contribution in [2.45, 2.75) is 119 Å². The van der Waals surface area contributed by atoms with Gasteiger partial charge < -0.3 is 34.3 Å². The Hall–Kier alpha value is -4.75. The average Bonchev–Trinajstić information content (AvgIpc) is 3.47. The molecule has 12 heteroatoms. The van der Waals surface area contributed by atoms with Crippen LogP contribution >= 0.6 is 0 Å². The lowest BCUT2D eigenvalue weighted by Gasteiger charge is -2.22. The maximum absolute atomic E-state index is 13.0. The number of rotatable bonds is 0. The number of phenols is 1. The molecular formula is C46H59FO11. The number of carbonyl (C=O) groups is 4. The highest BCUT2D eigenvalue weighted by atomic mass is 19.0. The van der Waals surface area contributed by atoms with Crippen LogP contribution in [0.5, 0.6) is 5.75 Å². The van der Waals surface area contributed by atoms with E-state index in [0.717, 1.165) is 22.3 Å². The fraction of sp³-hybridized carbons (Fsp3) is 0.478. The van der Waals surface area contributed by atoms with Crippen LogP contribution in [-0.4, -0.2) is 81.2 Å². The Balaban J connectivity index is 0.000000307. The van der Waals surface area contributed by atoms with Gasteiger partial charge in [0.2, 0.25) is 0 Å². The molecule has 3 aliphatic rings. The van der Waals surface area contributed by atoms with Crippen molar-refractivity contribution in [1.82, 2.24) is 0 Å². The highest BCUT2D eigenvalue weighted by Gasteiger charge is 2.46. The zero-order chi connectivity index (χ0) is 42.5. The SMILES string of the molecule is Cc1cc(C)c2c(c1)/C=C/C(C)[C@@H]1OC(C)(C)O[C@@H]1C(=O)/C=C\[C@@H](C)[C@H](C)OC2=O.Cc1cc(O)c2c(c1)/C=C/C(C)[C@H](O)[C@H](O)C(=O)/C=C\[C@@H](C)[C@H](C)OC2=O.F. The number of fused-ring (bicyclic) bond motifs is 3. The lowest BCUT2D eigenvalue weighted by molar-refractivity contribution is -0.154. The predicted octanol–water partition coefficient (Wildman–Crippen LogP) is 7.34. The molecule has 3 N–H and O–H groups in total. The fourth-order valence-corrected chi connectivity index (χ4v) is 6.81. The number of phenolic OH excluding ortho intramolecular Hbond substituents is 1. The molecule has 0 bridgehead atoms. The van der Waals surface area contributed by atoms with E-state index < -0.39 is 54.0 Å². The molecule has 3 heterocycles. The molecule has 1 saturated heterocycles. The number of aromatic hydroxyl groups is 1. The number of hydrogen-bond donors (Lipinski definition) is 3. The molecule has 0 aromatic heterocycles. The first kappa shape index (κ1) is 47.6. The lowest BCUT2D eigenvalue weighted by atomic mass is 9.93. The number of benzene rings is 2. The van der Waals surface area contributed by atoms with Gasteiger partial charge in [0.15, 0.2) is 17.4 Å². The van der Waals surface area contributed by atoms with E-state index in [0.29, 0.717) is 11.1 Å². The summed E-state index contributed by atoms with van der Waals surface area (Å²) < 4.78 is 23.2. The van der Waals surface area contributed by atoms with E-state index in [9.17, 15) is 34.5 Å². The summed E-state index contributed by atoms with van der Waals surface area (Å²) in [5.74, 6) is -3.90. The first-order valence-electron chi connectivity index (χ1n) is 19.5. The minimum atomic E-state index is -1.56. The van der Waals surface area contributed by atoms with Crippen LogP contribution in [0.3, 0.4) is 0 Å². The smallest absolute Gasteiger partial charge is 0.342 e. The third-order valence-corrected chi connectivity index (χ3v) is 10.6. The maximum atomic E-state index is 13.0. The number of ether oxygens (including phenoxy) is 4. The zero-order valence-corrected chi connectivity index (χ0v) is 35.2. The minimum Gasteiger partial charge on any atom is -0.507 e. The highest BCUT2D eigenvalue weighted by Crippen LogP contribution is 2.35. The number of carbonyl (C=O) groups excluding carboxylic acids is 4. The number of cyclic esters (lactones) is 2. The number of esters is 2. The van der Waals surface area contributed by atoms with Gasteiger partial charge in [0.1, 0.15) is 41.8 Å². The van der Waals surface area contributed by atoms with Crippen LogP contribution in [0.4, 0.5) is 4.70 Å². The Morgan fingerprint density at radius 1 is 0.586 bits per heavy atom.